The molecule has 1 atom stereocenters. The molecule has 214 valence electrons. The SMILES string of the molecule is CCCC(Oc1ccc(C(=O)Oc2ccc(/C=C/C(=O)OC)c(OCC)c2)cc1)[Si](OCC)(OCC)OCC. The van der Waals surface area contributed by atoms with E-state index in [4.69, 9.17) is 27.5 Å². The number of methoxy groups -OCH3 is 1. The average molecular weight is 561 g/mol. The van der Waals surface area contributed by atoms with E-state index in [2.05, 4.69) is 11.7 Å². The summed E-state index contributed by atoms with van der Waals surface area (Å²) in [6, 6.07) is 11.6. The minimum absolute atomic E-state index is 0.308. The zero-order valence-electron chi connectivity index (χ0n) is 23.7. The van der Waals surface area contributed by atoms with E-state index in [9.17, 15) is 9.59 Å². The van der Waals surface area contributed by atoms with Gasteiger partial charge < -0.3 is 32.2 Å². The van der Waals surface area contributed by atoms with Gasteiger partial charge in [0.05, 0.1) is 19.3 Å². The first kappa shape index (κ1) is 32.0. The molecule has 1 unspecified atom stereocenters. The lowest BCUT2D eigenvalue weighted by atomic mass is 10.1. The average Bonchev–Trinajstić information content (AvgIpc) is 2.93. The van der Waals surface area contributed by atoms with Crippen LogP contribution in [0.25, 0.3) is 6.08 Å². The van der Waals surface area contributed by atoms with Gasteiger partial charge in [-0.15, -0.1) is 0 Å². The van der Waals surface area contributed by atoms with Gasteiger partial charge in [0, 0.05) is 37.5 Å². The molecule has 0 aromatic heterocycles. The molecule has 2 aromatic carbocycles. The van der Waals surface area contributed by atoms with Crippen molar-refractivity contribution in [1.29, 1.82) is 0 Å². The molecule has 0 bridgehead atoms. The Morgan fingerprint density at radius 3 is 2.00 bits per heavy atom. The first-order chi connectivity index (χ1) is 18.9. The molecule has 0 heterocycles. The van der Waals surface area contributed by atoms with Crippen molar-refractivity contribution in [3.8, 4) is 17.2 Å². The van der Waals surface area contributed by atoms with Crippen molar-refractivity contribution in [2.24, 2.45) is 0 Å². The third kappa shape index (κ3) is 9.50. The summed E-state index contributed by atoms with van der Waals surface area (Å²) in [7, 11) is -1.80. The van der Waals surface area contributed by atoms with Crippen LogP contribution in [0.3, 0.4) is 0 Å². The number of hydrogen-bond acceptors (Lipinski definition) is 9. The molecule has 2 aromatic rings. The summed E-state index contributed by atoms with van der Waals surface area (Å²) in [5.41, 5.74) is 0.616. The molecule has 39 heavy (non-hydrogen) atoms. The Morgan fingerprint density at radius 1 is 0.846 bits per heavy atom. The summed E-state index contributed by atoms with van der Waals surface area (Å²) in [6.07, 6.45) is 4.43. The summed E-state index contributed by atoms with van der Waals surface area (Å²) in [5.74, 6) is 0.334. The molecule has 0 aliphatic rings. The minimum Gasteiger partial charge on any atom is -0.493 e. The first-order valence-corrected chi connectivity index (χ1v) is 15.1. The zero-order chi connectivity index (χ0) is 28.7. The monoisotopic (exact) mass is 560 g/mol. The van der Waals surface area contributed by atoms with Crippen molar-refractivity contribution in [1.82, 2.24) is 0 Å². The van der Waals surface area contributed by atoms with Gasteiger partial charge in [-0.05, 0) is 76.6 Å². The van der Waals surface area contributed by atoms with Gasteiger partial charge >= 0.3 is 20.7 Å². The van der Waals surface area contributed by atoms with Gasteiger partial charge in [0.1, 0.15) is 17.2 Å². The van der Waals surface area contributed by atoms with Crippen LogP contribution in [0.5, 0.6) is 17.2 Å². The molecule has 0 spiro atoms. The van der Waals surface area contributed by atoms with Gasteiger partial charge in [0.25, 0.3) is 0 Å². The molecule has 9 nitrogen and oxygen atoms in total. The van der Waals surface area contributed by atoms with Crippen LogP contribution in [0.4, 0.5) is 0 Å². The number of hydrogen-bond donors (Lipinski definition) is 0. The van der Waals surface area contributed by atoms with Crippen molar-refractivity contribution in [2.45, 2.75) is 53.2 Å². The number of carbonyl (C=O) groups excluding carboxylic acids is 2. The maximum absolute atomic E-state index is 12.8. The lowest BCUT2D eigenvalue weighted by Gasteiger charge is -2.35. The second kappa shape index (κ2) is 16.7. The second-order valence-corrected chi connectivity index (χ2v) is 10.9. The van der Waals surface area contributed by atoms with Crippen LogP contribution in [-0.4, -0.2) is 60.0 Å². The van der Waals surface area contributed by atoms with E-state index in [1.54, 1.807) is 48.5 Å². The van der Waals surface area contributed by atoms with Crippen LogP contribution < -0.4 is 14.2 Å². The molecule has 0 aliphatic carbocycles. The maximum Gasteiger partial charge on any atom is 0.543 e. The third-order valence-electron chi connectivity index (χ3n) is 5.45. The molecule has 10 heteroatoms. The highest BCUT2D eigenvalue weighted by atomic mass is 28.4. The van der Waals surface area contributed by atoms with Crippen LogP contribution in [-0.2, 0) is 22.8 Å². The topological polar surface area (TPSA) is 98.8 Å². The van der Waals surface area contributed by atoms with E-state index in [1.165, 1.54) is 13.2 Å². The summed E-state index contributed by atoms with van der Waals surface area (Å²) < 4.78 is 40.3. The van der Waals surface area contributed by atoms with Gasteiger partial charge in [-0.3, -0.25) is 0 Å². The Kier molecular flexibility index (Phi) is 13.7. The van der Waals surface area contributed by atoms with Gasteiger partial charge in [-0.25, -0.2) is 9.59 Å². The normalized spacial score (nSPS) is 12.3. The van der Waals surface area contributed by atoms with Gasteiger partial charge in [-0.2, -0.15) is 0 Å². The maximum atomic E-state index is 12.8. The van der Waals surface area contributed by atoms with Crippen molar-refractivity contribution in [2.75, 3.05) is 33.5 Å². The third-order valence-corrected chi connectivity index (χ3v) is 8.71. The fourth-order valence-corrected chi connectivity index (χ4v) is 6.74. The Labute approximate surface area is 232 Å². The van der Waals surface area contributed by atoms with Gasteiger partial charge in [0.2, 0.25) is 0 Å². The van der Waals surface area contributed by atoms with Crippen LogP contribution in [0.1, 0.15) is 63.4 Å². The Balaban J connectivity index is 2.19. The summed E-state index contributed by atoms with van der Waals surface area (Å²) in [5, 5.41) is 0. The Hall–Kier alpha value is -3.18. The molecule has 0 saturated heterocycles. The van der Waals surface area contributed by atoms with Crippen LogP contribution in [0.15, 0.2) is 48.5 Å². The highest BCUT2D eigenvalue weighted by Gasteiger charge is 2.51. The predicted octanol–water partition coefficient (Wildman–Crippen LogP) is 5.63. The Morgan fingerprint density at radius 2 is 1.46 bits per heavy atom. The zero-order valence-corrected chi connectivity index (χ0v) is 24.7. The highest BCUT2D eigenvalue weighted by molar-refractivity contribution is 6.62. The molecule has 0 amide bonds. The number of benzene rings is 2. The fourth-order valence-electron chi connectivity index (χ4n) is 3.80. The molecule has 0 saturated carbocycles. The van der Waals surface area contributed by atoms with Crippen LogP contribution in [0.2, 0.25) is 0 Å². The quantitative estimate of drug-likeness (QED) is 0.106. The number of rotatable bonds is 17. The fraction of sp³-hybridized carbons (Fsp3) is 0.448. The molecular weight excluding hydrogens is 520 g/mol. The van der Waals surface area contributed by atoms with Gasteiger partial charge in [-0.1, -0.05) is 13.3 Å². The van der Waals surface area contributed by atoms with E-state index in [0.29, 0.717) is 61.2 Å². The standard InChI is InChI=1S/C29H40O9Si/c1-7-12-28(39(34-9-3,35-10-4)36-11-5)37-24-17-14-23(15-18-24)29(31)38-25-19-13-22(16-20-27(30)32-6)26(21-25)33-8-2/h13-21,28H,7-12H2,1-6H3/b20-16+. The van der Waals surface area contributed by atoms with Crippen molar-refractivity contribution in [3.05, 3.63) is 59.7 Å². The van der Waals surface area contributed by atoms with Crippen LogP contribution >= 0.6 is 0 Å². The lowest BCUT2D eigenvalue weighted by Crippen LogP contribution is -2.58. The summed E-state index contributed by atoms with van der Waals surface area (Å²) >= 11 is 0. The molecule has 0 fully saturated rings. The molecular formula is C29H40O9Si. The molecule has 2 rings (SSSR count). The number of ether oxygens (including phenoxy) is 4. The van der Waals surface area contributed by atoms with Gasteiger partial charge in [0.15, 0.2) is 5.73 Å². The van der Waals surface area contributed by atoms with Crippen molar-refractivity contribution in [3.63, 3.8) is 0 Å². The first-order valence-electron chi connectivity index (χ1n) is 13.3. The summed E-state index contributed by atoms with van der Waals surface area (Å²) in [6.45, 7) is 11.4. The van der Waals surface area contributed by atoms with E-state index in [0.717, 1.165) is 6.42 Å². The smallest absolute Gasteiger partial charge is 0.493 e. The lowest BCUT2D eigenvalue weighted by molar-refractivity contribution is -0.134. The predicted molar refractivity (Wildman–Crippen MR) is 150 cm³/mol. The van der Waals surface area contributed by atoms with E-state index >= 15 is 0 Å². The molecule has 0 aliphatic heterocycles. The van der Waals surface area contributed by atoms with E-state index in [1.807, 2.05) is 27.7 Å². The number of esters is 2. The van der Waals surface area contributed by atoms with Crippen molar-refractivity contribution >= 4 is 26.8 Å². The second-order valence-electron chi connectivity index (χ2n) is 8.20. The van der Waals surface area contributed by atoms with E-state index in [-0.39, 0.29) is 5.73 Å². The Bertz CT molecular complexity index is 1050. The largest absolute Gasteiger partial charge is 0.543 e. The highest BCUT2D eigenvalue weighted by Crippen LogP contribution is 2.28. The summed E-state index contributed by atoms with van der Waals surface area (Å²) in [4.78, 5) is 24.3. The van der Waals surface area contributed by atoms with Crippen molar-refractivity contribution < 1.29 is 41.8 Å². The molecule has 0 N–H and O–H groups in total. The van der Waals surface area contributed by atoms with Crippen LogP contribution in [0, 0.1) is 0 Å². The molecule has 0 radical (unpaired) electrons. The van der Waals surface area contributed by atoms with E-state index < -0.39 is 20.7 Å². The number of carbonyl (C=O) groups is 2. The minimum atomic E-state index is -3.10.